The van der Waals surface area contributed by atoms with Crippen molar-refractivity contribution in [3.8, 4) is 11.3 Å². The minimum Gasteiger partial charge on any atom is -0.453 e. The van der Waals surface area contributed by atoms with Crippen LogP contribution in [0.4, 0.5) is 25.2 Å². The van der Waals surface area contributed by atoms with Gasteiger partial charge in [-0.2, -0.15) is 9.61 Å². The summed E-state index contributed by atoms with van der Waals surface area (Å²) in [6.07, 6.45) is 7.50. The molecule has 2 fully saturated rings. The van der Waals surface area contributed by atoms with Crippen molar-refractivity contribution in [2.24, 2.45) is 11.7 Å². The molecular formula is C32H37F2N7O4. The summed E-state index contributed by atoms with van der Waals surface area (Å²) in [6, 6.07) is 7.31. The summed E-state index contributed by atoms with van der Waals surface area (Å²) >= 11 is 0. The lowest BCUT2D eigenvalue weighted by Gasteiger charge is -2.39. The van der Waals surface area contributed by atoms with E-state index in [-0.39, 0.29) is 47.9 Å². The molecule has 1 saturated heterocycles. The number of amides is 1. The normalized spacial score (nSPS) is 22.3. The summed E-state index contributed by atoms with van der Waals surface area (Å²) in [5.74, 6) is -0.900. The molecule has 4 aromatic rings. The van der Waals surface area contributed by atoms with Gasteiger partial charge in [0, 0.05) is 31.5 Å². The van der Waals surface area contributed by atoms with Crippen LogP contribution in [0.2, 0.25) is 0 Å². The Morgan fingerprint density at radius 2 is 1.91 bits per heavy atom. The molecule has 1 saturated carbocycles. The second-order valence-corrected chi connectivity index (χ2v) is 11.8. The van der Waals surface area contributed by atoms with Crippen LogP contribution < -0.4 is 16.4 Å². The van der Waals surface area contributed by atoms with E-state index in [1.807, 2.05) is 6.07 Å². The van der Waals surface area contributed by atoms with E-state index in [0.29, 0.717) is 42.4 Å². The number of fused-ring (bicyclic) bond motifs is 1. The lowest BCUT2D eigenvalue weighted by Crippen LogP contribution is -2.54. The van der Waals surface area contributed by atoms with Gasteiger partial charge in [-0.3, -0.25) is 4.98 Å². The van der Waals surface area contributed by atoms with Crippen LogP contribution in [-0.2, 0) is 20.8 Å². The molecule has 0 spiro atoms. The molecule has 1 aliphatic carbocycles. The maximum absolute atomic E-state index is 15.3. The van der Waals surface area contributed by atoms with Gasteiger partial charge in [0.15, 0.2) is 0 Å². The highest BCUT2D eigenvalue weighted by atomic mass is 19.1. The first kappa shape index (κ1) is 30.8. The fourth-order valence-electron chi connectivity index (χ4n) is 6.39. The van der Waals surface area contributed by atoms with Crippen molar-refractivity contribution in [1.29, 1.82) is 0 Å². The summed E-state index contributed by atoms with van der Waals surface area (Å²) < 4.78 is 48.1. The van der Waals surface area contributed by atoms with Crippen molar-refractivity contribution in [2.75, 3.05) is 25.6 Å². The zero-order valence-electron chi connectivity index (χ0n) is 25.2. The number of alkyl carbamates (subject to hydrolysis) is 1. The first-order chi connectivity index (χ1) is 21.8. The molecule has 1 aliphatic heterocycles. The molecule has 4 N–H and O–H groups in total. The summed E-state index contributed by atoms with van der Waals surface area (Å²) in [5.41, 5.74) is 9.17. The van der Waals surface area contributed by atoms with E-state index < -0.39 is 17.7 Å². The number of nitrogens with two attached hydrogens (primary N) is 1. The molecule has 11 nitrogen and oxygen atoms in total. The molecule has 2 aliphatic rings. The standard InChI is InChI=1S/C32H37F2N7O4/c1-18-11-20(14-26(35)30(18)39-32(42)43-2)23-5-8-36-16-28(23)38-31-37-15-21-3-4-27(40-41(21)31)29-24(33)12-19(13-25(29)34)17-45-22-6-9-44-10-7-22/h3-5,8,12-13,15-16,18,20,22,26,30H,6-7,9-11,14,17,35H2,1-2H3,(H,37,38)(H,39,42)/t18-,20+,26+,30-/m0/s1. The number of rotatable bonds is 8. The molecule has 4 atom stereocenters. The highest BCUT2D eigenvalue weighted by molar-refractivity contribution is 5.68. The molecule has 238 valence electrons. The lowest BCUT2D eigenvalue weighted by molar-refractivity contribution is -0.0391. The van der Waals surface area contributed by atoms with Crippen LogP contribution in [0.1, 0.15) is 49.7 Å². The average Bonchev–Trinajstić information content (AvgIpc) is 3.43. The van der Waals surface area contributed by atoms with E-state index >= 15 is 8.78 Å². The van der Waals surface area contributed by atoms with E-state index in [0.717, 1.165) is 24.8 Å². The van der Waals surface area contributed by atoms with Crippen molar-refractivity contribution >= 4 is 23.2 Å². The highest BCUT2D eigenvalue weighted by Gasteiger charge is 2.36. The number of hydrogen-bond acceptors (Lipinski definition) is 9. The predicted octanol–water partition coefficient (Wildman–Crippen LogP) is 5.07. The Labute approximate surface area is 259 Å². The van der Waals surface area contributed by atoms with Crippen LogP contribution in [-0.4, -0.2) is 64.2 Å². The predicted molar refractivity (Wildman–Crippen MR) is 163 cm³/mol. The third-order valence-corrected chi connectivity index (χ3v) is 8.69. The molecule has 13 heteroatoms. The van der Waals surface area contributed by atoms with Crippen molar-refractivity contribution < 1.29 is 27.8 Å². The Morgan fingerprint density at radius 3 is 2.64 bits per heavy atom. The fourth-order valence-corrected chi connectivity index (χ4v) is 6.39. The number of pyridine rings is 1. The Balaban J connectivity index is 1.22. The van der Waals surface area contributed by atoms with Crippen molar-refractivity contribution in [1.82, 2.24) is 24.9 Å². The van der Waals surface area contributed by atoms with Crippen molar-refractivity contribution in [2.45, 2.75) is 63.3 Å². The van der Waals surface area contributed by atoms with Gasteiger partial charge in [0.05, 0.1) is 54.7 Å². The molecule has 6 rings (SSSR count). The van der Waals surface area contributed by atoms with Crippen LogP contribution in [0.5, 0.6) is 0 Å². The molecule has 45 heavy (non-hydrogen) atoms. The van der Waals surface area contributed by atoms with Gasteiger partial charge < -0.3 is 30.6 Å². The number of benzene rings is 1. The van der Waals surface area contributed by atoms with E-state index in [9.17, 15) is 4.79 Å². The molecule has 1 aromatic carbocycles. The number of anilines is 2. The third kappa shape index (κ3) is 6.75. The summed E-state index contributed by atoms with van der Waals surface area (Å²) in [6.45, 7) is 3.41. The molecule has 1 amide bonds. The summed E-state index contributed by atoms with van der Waals surface area (Å²) in [5, 5.41) is 10.7. The zero-order chi connectivity index (χ0) is 31.5. The first-order valence-electron chi connectivity index (χ1n) is 15.1. The first-order valence-corrected chi connectivity index (χ1v) is 15.1. The fraction of sp³-hybridized carbons (Fsp3) is 0.438. The topological polar surface area (TPSA) is 138 Å². The molecule has 4 heterocycles. The van der Waals surface area contributed by atoms with E-state index in [1.54, 1.807) is 30.7 Å². The van der Waals surface area contributed by atoms with E-state index in [2.05, 4.69) is 32.6 Å². The zero-order valence-corrected chi connectivity index (χ0v) is 25.2. The number of ether oxygens (including phenoxy) is 3. The van der Waals surface area contributed by atoms with Gasteiger partial charge in [0.25, 0.3) is 0 Å². The van der Waals surface area contributed by atoms with Crippen LogP contribution in [0.15, 0.2) is 48.9 Å². The lowest BCUT2D eigenvalue weighted by atomic mass is 9.73. The van der Waals surface area contributed by atoms with E-state index in [4.69, 9.17) is 19.9 Å². The number of aromatic nitrogens is 4. The SMILES string of the molecule is COC(=O)N[C@@H]1[C@H](N)C[C@H](c2ccncc2Nc2ncc3ccc(-c4c(F)cc(COC5CCOCC5)cc4F)nn23)C[C@@H]1C. The molecule has 3 aromatic heterocycles. The van der Waals surface area contributed by atoms with Gasteiger partial charge in [-0.05, 0) is 79.0 Å². The summed E-state index contributed by atoms with van der Waals surface area (Å²) in [4.78, 5) is 20.6. The van der Waals surface area contributed by atoms with E-state index in [1.165, 1.54) is 23.8 Å². The monoisotopic (exact) mass is 621 g/mol. The van der Waals surface area contributed by atoms with Gasteiger partial charge in [0.2, 0.25) is 5.95 Å². The Kier molecular flexibility index (Phi) is 9.19. The quantitative estimate of drug-likeness (QED) is 0.246. The molecule has 0 bridgehead atoms. The van der Waals surface area contributed by atoms with Crippen molar-refractivity contribution in [3.05, 3.63) is 71.7 Å². The van der Waals surface area contributed by atoms with Gasteiger partial charge in [-0.15, -0.1) is 0 Å². The smallest absolute Gasteiger partial charge is 0.407 e. The van der Waals surface area contributed by atoms with Crippen LogP contribution >= 0.6 is 0 Å². The second-order valence-electron chi connectivity index (χ2n) is 11.8. The minimum atomic E-state index is -0.723. The van der Waals surface area contributed by atoms with Crippen LogP contribution in [0, 0.1) is 17.6 Å². The Morgan fingerprint density at radius 1 is 1.13 bits per heavy atom. The number of nitrogens with zero attached hydrogens (tertiary/aromatic N) is 4. The second kappa shape index (κ2) is 13.4. The van der Waals surface area contributed by atoms with Crippen molar-refractivity contribution in [3.63, 3.8) is 0 Å². The highest BCUT2D eigenvalue weighted by Crippen LogP contribution is 2.39. The largest absolute Gasteiger partial charge is 0.453 e. The number of nitrogens with one attached hydrogen (secondary N) is 2. The van der Waals surface area contributed by atoms with Gasteiger partial charge >= 0.3 is 6.09 Å². The van der Waals surface area contributed by atoms with Crippen LogP contribution in [0.25, 0.3) is 16.8 Å². The number of carbonyl (C=O) groups excluding carboxylic acids is 1. The number of halogens is 2. The van der Waals surface area contributed by atoms with Gasteiger partial charge in [-0.25, -0.2) is 18.6 Å². The Hall–Kier alpha value is -4.20. The van der Waals surface area contributed by atoms with Gasteiger partial charge in [-0.1, -0.05) is 6.92 Å². The maximum atomic E-state index is 15.3. The molecular weight excluding hydrogens is 584 g/mol. The number of hydrogen-bond donors (Lipinski definition) is 3. The Bertz CT molecular complexity index is 1630. The van der Waals surface area contributed by atoms with Gasteiger partial charge in [0.1, 0.15) is 11.6 Å². The number of imidazole rings is 1. The maximum Gasteiger partial charge on any atom is 0.407 e. The average molecular weight is 622 g/mol. The van der Waals surface area contributed by atoms with Crippen LogP contribution in [0.3, 0.4) is 0 Å². The molecule has 0 radical (unpaired) electrons. The minimum absolute atomic E-state index is 0.0138. The third-order valence-electron chi connectivity index (χ3n) is 8.69. The number of methoxy groups -OCH3 is 1. The number of carbonyl (C=O) groups is 1. The molecule has 0 unspecified atom stereocenters. The summed E-state index contributed by atoms with van der Waals surface area (Å²) in [7, 11) is 1.33.